The molecular weight excluding hydrogens is 324 g/mol. The van der Waals surface area contributed by atoms with Crippen LogP contribution in [0.4, 0.5) is 0 Å². The van der Waals surface area contributed by atoms with Gasteiger partial charge in [0.15, 0.2) is 5.78 Å². The average Bonchev–Trinajstić information content (AvgIpc) is 2.62. The molecule has 0 radical (unpaired) electrons. The minimum absolute atomic E-state index is 0.124. The van der Waals surface area contributed by atoms with Gasteiger partial charge in [0.25, 0.3) is 0 Å². The van der Waals surface area contributed by atoms with E-state index in [1.807, 2.05) is 0 Å². The lowest BCUT2D eigenvalue weighted by Gasteiger charge is -2.30. The number of carbonyl (C=O) groups excluding carboxylic acids is 1. The van der Waals surface area contributed by atoms with Gasteiger partial charge < -0.3 is 9.84 Å². The van der Waals surface area contributed by atoms with Gasteiger partial charge in [-0.3, -0.25) is 4.79 Å². The molecule has 1 aliphatic heterocycles. The van der Waals surface area contributed by atoms with Crippen LogP contribution >= 0.6 is 0 Å². The molecule has 3 nitrogen and oxygen atoms in total. The van der Waals surface area contributed by atoms with Gasteiger partial charge in [-0.1, -0.05) is 31.5 Å². The number of aryl methyl sites for hydroxylation is 3. The molecule has 1 fully saturated rings. The summed E-state index contributed by atoms with van der Waals surface area (Å²) in [7, 11) is 0. The van der Waals surface area contributed by atoms with Crippen LogP contribution in [0.5, 0.6) is 0 Å². The quantitative estimate of drug-likeness (QED) is 0.790. The van der Waals surface area contributed by atoms with E-state index in [0.29, 0.717) is 30.1 Å². The van der Waals surface area contributed by atoms with E-state index in [1.165, 1.54) is 16.7 Å². The second kappa shape index (κ2) is 8.39. The zero-order valence-electron chi connectivity index (χ0n) is 16.4. The lowest BCUT2D eigenvalue weighted by atomic mass is 9.76. The summed E-state index contributed by atoms with van der Waals surface area (Å²) in [6, 6.07) is 4.33. The number of carbonyl (C=O) groups is 1. The van der Waals surface area contributed by atoms with Crippen molar-refractivity contribution in [1.29, 1.82) is 0 Å². The maximum atomic E-state index is 13.0. The summed E-state index contributed by atoms with van der Waals surface area (Å²) in [6.07, 6.45) is 6.15. The molecule has 1 aromatic rings. The first-order valence-corrected chi connectivity index (χ1v) is 10.2. The van der Waals surface area contributed by atoms with E-state index in [9.17, 15) is 9.90 Å². The van der Waals surface area contributed by atoms with Gasteiger partial charge in [-0.05, 0) is 67.6 Å². The predicted molar refractivity (Wildman–Crippen MR) is 105 cm³/mol. The summed E-state index contributed by atoms with van der Waals surface area (Å²) in [5.41, 5.74) is 5.19. The third-order valence-electron chi connectivity index (χ3n) is 5.99. The molecule has 1 unspecified atom stereocenters. The molecular formula is C23H32O3. The lowest BCUT2D eigenvalue weighted by molar-refractivity contribution is -0.115. The summed E-state index contributed by atoms with van der Waals surface area (Å²) in [4.78, 5) is 13.0. The van der Waals surface area contributed by atoms with Crippen molar-refractivity contribution in [2.24, 2.45) is 11.8 Å². The van der Waals surface area contributed by atoms with E-state index < -0.39 is 0 Å². The Balaban J connectivity index is 1.89. The Kier molecular flexibility index (Phi) is 6.18. The molecule has 26 heavy (non-hydrogen) atoms. The van der Waals surface area contributed by atoms with Crippen molar-refractivity contribution in [1.82, 2.24) is 0 Å². The number of ketones is 1. The first-order valence-electron chi connectivity index (χ1n) is 10.2. The number of aliphatic hydroxyl groups excluding tert-OH is 1. The molecule has 0 amide bonds. The minimum Gasteiger partial charge on any atom is -0.512 e. The SMILES string of the molecule is CCc1cc(C)cc(CC)c1C1=C(O)CC(CC2CCOCC2)CC1=O. The van der Waals surface area contributed by atoms with Crippen molar-refractivity contribution in [2.75, 3.05) is 13.2 Å². The largest absolute Gasteiger partial charge is 0.512 e. The van der Waals surface area contributed by atoms with Gasteiger partial charge in [0.1, 0.15) is 5.76 Å². The topological polar surface area (TPSA) is 46.5 Å². The number of hydrogen-bond donors (Lipinski definition) is 1. The van der Waals surface area contributed by atoms with E-state index in [2.05, 4.69) is 32.9 Å². The van der Waals surface area contributed by atoms with Gasteiger partial charge in [-0.25, -0.2) is 0 Å². The van der Waals surface area contributed by atoms with Crippen molar-refractivity contribution in [3.8, 4) is 0 Å². The van der Waals surface area contributed by atoms with Crippen LogP contribution in [-0.2, 0) is 22.4 Å². The fraction of sp³-hybridized carbons (Fsp3) is 0.609. The summed E-state index contributed by atoms with van der Waals surface area (Å²) < 4.78 is 5.44. The molecule has 142 valence electrons. The Morgan fingerprint density at radius 3 is 2.19 bits per heavy atom. The highest BCUT2D eigenvalue weighted by Gasteiger charge is 2.32. The number of rotatable bonds is 5. The zero-order valence-corrected chi connectivity index (χ0v) is 16.4. The van der Waals surface area contributed by atoms with Gasteiger partial charge in [0.05, 0.1) is 5.57 Å². The molecule has 1 saturated heterocycles. The third-order valence-corrected chi connectivity index (χ3v) is 5.99. The molecule has 1 atom stereocenters. The molecule has 0 bridgehead atoms. The fourth-order valence-corrected chi connectivity index (χ4v) is 4.70. The van der Waals surface area contributed by atoms with E-state index in [-0.39, 0.29) is 11.7 Å². The molecule has 0 spiro atoms. The van der Waals surface area contributed by atoms with Crippen LogP contribution in [0.3, 0.4) is 0 Å². The highest BCUT2D eigenvalue weighted by molar-refractivity contribution is 6.22. The van der Waals surface area contributed by atoms with Crippen LogP contribution in [0.1, 0.15) is 68.2 Å². The van der Waals surface area contributed by atoms with Gasteiger partial charge in [-0.15, -0.1) is 0 Å². The molecule has 3 heteroatoms. The fourth-order valence-electron chi connectivity index (χ4n) is 4.70. The summed E-state index contributed by atoms with van der Waals surface area (Å²) in [5, 5.41) is 10.8. The van der Waals surface area contributed by atoms with Crippen LogP contribution in [0.15, 0.2) is 17.9 Å². The number of benzene rings is 1. The van der Waals surface area contributed by atoms with Crippen LogP contribution in [0.2, 0.25) is 0 Å². The van der Waals surface area contributed by atoms with Crippen LogP contribution in [0.25, 0.3) is 5.57 Å². The molecule has 1 heterocycles. The second-order valence-corrected chi connectivity index (χ2v) is 7.98. The summed E-state index contributed by atoms with van der Waals surface area (Å²) in [6.45, 7) is 8.01. The van der Waals surface area contributed by atoms with E-state index in [1.54, 1.807) is 0 Å². The monoisotopic (exact) mass is 356 g/mol. The third kappa shape index (κ3) is 4.03. The molecule has 0 aromatic heterocycles. The minimum atomic E-state index is 0.124. The molecule has 0 saturated carbocycles. The van der Waals surface area contributed by atoms with E-state index in [4.69, 9.17) is 4.74 Å². The molecule has 2 aliphatic rings. The van der Waals surface area contributed by atoms with E-state index >= 15 is 0 Å². The van der Waals surface area contributed by atoms with Gasteiger partial charge in [0.2, 0.25) is 0 Å². The zero-order chi connectivity index (χ0) is 18.7. The number of allylic oxidation sites excluding steroid dienone is 2. The lowest BCUT2D eigenvalue weighted by Crippen LogP contribution is -2.24. The van der Waals surface area contributed by atoms with Crippen molar-refractivity contribution < 1.29 is 14.6 Å². The first-order chi connectivity index (χ1) is 12.5. The molecule has 1 aliphatic carbocycles. The summed E-state index contributed by atoms with van der Waals surface area (Å²) in [5.74, 6) is 1.34. The number of hydrogen-bond acceptors (Lipinski definition) is 3. The van der Waals surface area contributed by atoms with Crippen molar-refractivity contribution in [3.63, 3.8) is 0 Å². The Bertz CT molecular complexity index is 670. The van der Waals surface area contributed by atoms with E-state index in [0.717, 1.165) is 50.9 Å². The smallest absolute Gasteiger partial charge is 0.167 e. The second-order valence-electron chi connectivity index (χ2n) is 7.98. The Morgan fingerprint density at radius 2 is 1.65 bits per heavy atom. The first kappa shape index (κ1) is 19.2. The Hall–Kier alpha value is -1.61. The maximum Gasteiger partial charge on any atom is 0.167 e. The average molecular weight is 357 g/mol. The van der Waals surface area contributed by atoms with Crippen LogP contribution < -0.4 is 0 Å². The number of ether oxygens (including phenoxy) is 1. The summed E-state index contributed by atoms with van der Waals surface area (Å²) >= 11 is 0. The predicted octanol–water partition coefficient (Wildman–Crippen LogP) is 5.18. The highest BCUT2D eigenvalue weighted by Crippen LogP contribution is 2.39. The normalized spacial score (nSPS) is 22.1. The Labute approximate surface area is 157 Å². The van der Waals surface area contributed by atoms with Crippen molar-refractivity contribution >= 4 is 11.4 Å². The van der Waals surface area contributed by atoms with Crippen molar-refractivity contribution in [2.45, 2.75) is 65.7 Å². The van der Waals surface area contributed by atoms with Crippen molar-refractivity contribution in [3.05, 3.63) is 40.1 Å². The number of Topliss-reactive ketones (excluding diaryl/α,β-unsaturated/α-hetero) is 1. The molecule has 1 N–H and O–H groups in total. The van der Waals surface area contributed by atoms with Crippen LogP contribution in [-0.4, -0.2) is 24.1 Å². The maximum absolute atomic E-state index is 13.0. The number of aliphatic hydroxyl groups is 1. The highest BCUT2D eigenvalue weighted by atomic mass is 16.5. The van der Waals surface area contributed by atoms with Gasteiger partial charge in [-0.2, -0.15) is 0 Å². The van der Waals surface area contributed by atoms with Crippen LogP contribution in [0, 0.1) is 18.8 Å². The standard InChI is InChI=1S/C23H32O3/c1-4-18-10-15(3)11-19(5-2)22(18)23-20(24)13-17(14-21(23)25)12-16-6-8-26-9-7-16/h10-11,16-17,24H,4-9,12-14H2,1-3H3. The molecule has 3 rings (SSSR count). The van der Waals surface area contributed by atoms with Gasteiger partial charge >= 0.3 is 0 Å². The Morgan fingerprint density at radius 1 is 1.04 bits per heavy atom. The van der Waals surface area contributed by atoms with Gasteiger partial charge in [0, 0.05) is 26.1 Å². The molecule has 1 aromatic carbocycles.